The molecular formula is C11H19N3O. The van der Waals surface area contributed by atoms with Gasteiger partial charge in [0, 0.05) is 5.69 Å². The van der Waals surface area contributed by atoms with E-state index >= 15 is 0 Å². The van der Waals surface area contributed by atoms with Crippen molar-refractivity contribution in [1.29, 1.82) is 0 Å². The van der Waals surface area contributed by atoms with Crippen molar-refractivity contribution in [2.75, 3.05) is 0 Å². The fraction of sp³-hybridized carbons (Fsp3) is 0.455. The molecule has 15 heavy (non-hydrogen) atoms. The highest BCUT2D eigenvalue weighted by Gasteiger charge is 2.00. The standard InChI is InChI=1S/C7H7N3O.2C2H6/c1-4-2-5-6(10-4)7(11)9-3-8-5;2*1-2/h2-3,10H,1H3,(H,8,9,11);2*1-2H3. The van der Waals surface area contributed by atoms with Gasteiger partial charge in [0.25, 0.3) is 5.56 Å². The Morgan fingerprint density at radius 1 is 1.20 bits per heavy atom. The summed E-state index contributed by atoms with van der Waals surface area (Å²) in [5.41, 5.74) is 2.09. The molecule has 84 valence electrons. The Balaban J connectivity index is 0.000000442. The minimum atomic E-state index is -0.122. The first kappa shape index (κ1) is 13.4. The summed E-state index contributed by atoms with van der Waals surface area (Å²) in [4.78, 5) is 20.5. The van der Waals surface area contributed by atoms with E-state index < -0.39 is 0 Å². The average Bonchev–Trinajstić information content (AvgIpc) is 2.66. The smallest absolute Gasteiger partial charge is 0.275 e. The molecule has 2 aromatic rings. The lowest BCUT2D eigenvalue weighted by atomic mass is 10.4. The molecule has 0 fully saturated rings. The third-order valence-corrected chi connectivity index (χ3v) is 1.56. The second kappa shape index (κ2) is 6.81. The Morgan fingerprint density at radius 3 is 2.33 bits per heavy atom. The van der Waals surface area contributed by atoms with E-state index in [0.29, 0.717) is 11.0 Å². The summed E-state index contributed by atoms with van der Waals surface area (Å²) in [6.45, 7) is 9.89. The van der Waals surface area contributed by atoms with Gasteiger partial charge < -0.3 is 9.97 Å². The quantitative estimate of drug-likeness (QED) is 0.700. The molecule has 0 saturated carbocycles. The number of fused-ring (bicyclic) bond motifs is 1. The first-order valence-corrected chi connectivity index (χ1v) is 5.30. The number of aromatic amines is 2. The van der Waals surface area contributed by atoms with Gasteiger partial charge in [-0.25, -0.2) is 4.98 Å². The van der Waals surface area contributed by atoms with Crippen molar-refractivity contribution in [3.05, 3.63) is 28.4 Å². The van der Waals surface area contributed by atoms with Crippen molar-refractivity contribution in [3.8, 4) is 0 Å². The molecule has 4 nitrogen and oxygen atoms in total. The Hall–Kier alpha value is -1.58. The van der Waals surface area contributed by atoms with Crippen LogP contribution in [0.4, 0.5) is 0 Å². The molecule has 0 spiro atoms. The van der Waals surface area contributed by atoms with Gasteiger partial charge in [-0.2, -0.15) is 0 Å². The van der Waals surface area contributed by atoms with Gasteiger partial charge in [-0.05, 0) is 13.0 Å². The molecule has 2 N–H and O–H groups in total. The number of aromatic nitrogens is 3. The third kappa shape index (κ3) is 3.23. The summed E-state index contributed by atoms with van der Waals surface area (Å²) in [7, 11) is 0. The average molecular weight is 209 g/mol. The van der Waals surface area contributed by atoms with E-state index in [0.717, 1.165) is 5.69 Å². The van der Waals surface area contributed by atoms with Crippen molar-refractivity contribution in [2.24, 2.45) is 0 Å². The highest BCUT2D eigenvalue weighted by atomic mass is 16.1. The Morgan fingerprint density at radius 2 is 1.80 bits per heavy atom. The van der Waals surface area contributed by atoms with Gasteiger partial charge in [0.1, 0.15) is 5.52 Å². The number of rotatable bonds is 0. The molecule has 2 rings (SSSR count). The Labute approximate surface area is 89.8 Å². The maximum atomic E-state index is 11.1. The lowest BCUT2D eigenvalue weighted by Crippen LogP contribution is -2.05. The predicted octanol–water partition coefficient (Wildman–Crippen LogP) is 2.61. The summed E-state index contributed by atoms with van der Waals surface area (Å²) in [6.07, 6.45) is 1.40. The van der Waals surface area contributed by atoms with Crippen molar-refractivity contribution in [3.63, 3.8) is 0 Å². The largest absolute Gasteiger partial charge is 0.353 e. The summed E-state index contributed by atoms with van der Waals surface area (Å²) >= 11 is 0. The molecule has 2 heterocycles. The van der Waals surface area contributed by atoms with Crippen LogP contribution in [0.3, 0.4) is 0 Å². The molecule has 2 aromatic heterocycles. The van der Waals surface area contributed by atoms with Crippen LogP contribution in [-0.2, 0) is 0 Å². The second-order valence-corrected chi connectivity index (χ2v) is 2.44. The summed E-state index contributed by atoms with van der Waals surface area (Å²) < 4.78 is 0. The molecule has 0 aliphatic heterocycles. The minimum Gasteiger partial charge on any atom is -0.353 e. The molecule has 0 atom stereocenters. The van der Waals surface area contributed by atoms with Crippen molar-refractivity contribution in [1.82, 2.24) is 15.0 Å². The molecule has 0 amide bonds. The first-order valence-electron chi connectivity index (χ1n) is 5.30. The van der Waals surface area contributed by atoms with Gasteiger partial charge in [-0.1, -0.05) is 27.7 Å². The summed E-state index contributed by atoms with van der Waals surface area (Å²) in [5, 5.41) is 0. The Kier molecular flexibility index (Phi) is 6.09. The Bertz CT molecular complexity index is 442. The molecule has 0 unspecified atom stereocenters. The lowest BCUT2D eigenvalue weighted by Gasteiger charge is -1.83. The highest BCUT2D eigenvalue weighted by Crippen LogP contribution is 2.05. The van der Waals surface area contributed by atoms with Gasteiger partial charge in [0.05, 0.1) is 11.8 Å². The van der Waals surface area contributed by atoms with Crippen LogP contribution in [0.25, 0.3) is 11.0 Å². The monoisotopic (exact) mass is 209 g/mol. The van der Waals surface area contributed by atoms with Crippen LogP contribution in [0.2, 0.25) is 0 Å². The molecule has 4 heteroatoms. The molecular weight excluding hydrogens is 190 g/mol. The van der Waals surface area contributed by atoms with Crippen LogP contribution in [0.15, 0.2) is 17.2 Å². The van der Waals surface area contributed by atoms with E-state index in [1.807, 2.05) is 40.7 Å². The lowest BCUT2D eigenvalue weighted by molar-refractivity contribution is 1.16. The van der Waals surface area contributed by atoms with Crippen LogP contribution in [0.1, 0.15) is 33.4 Å². The topological polar surface area (TPSA) is 61.5 Å². The number of aryl methyl sites for hydroxylation is 1. The molecule has 0 radical (unpaired) electrons. The summed E-state index contributed by atoms with van der Waals surface area (Å²) in [5.74, 6) is 0. The van der Waals surface area contributed by atoms with Gasteiger partial charge in [-0.3, -0.25) is 4.79 Å². The number of nitrogens with one attached hydrogen (secondary N) is 2. The number of H-pyrrole nitrogens is 2. The van der Waals surface area contributed by atoms with Gasteiger partial charge >= 0.3 is 0 Å². The second-order valence-electron chi connectivity index (χ2n) is 2.44. The zero-order valence-corrected chi connectivity index (χ0v) is 10.0. The molecule has 0 aromatic carbocycles. The third-order valence-electron chi connectivity index (χ3n) is 1.56. The summed E-state index contributed by atoms with van der Waals surface area (Å²) in [6, 6.07) is 1.84. The highest BCUT2D eigenvalue weighted by molar-refractivity contribution is 5.74. The van der Waals surface area contributed by atoms with Crippen LogP contribution < -0.4 is 5.56 Å². The zero-order chi connectivity index (χ0) is 11.8. The van der Waals surface area contributed by atoms with E-state index in [2.05, 4.69) is 15.0 Å². The fourth-order valence-corrected chi connectivity index (χ4v) is 1.08. The number of hydrogen-bond acceptors (Lipinski definition) is 2. The van der Waals surface area contributed by atoms with Gasteiger partial charge in [0.2, 0.25) is 0 Å². The normalized spacial score (nSPS) is 8.60. The van der Waals surface area contributed by atoms with E-state index in [4.69, 9.17) is 0 Å². The molecule has 0 saturated heterocycles. The maximum absolute atomic E-state index is 11.1. The molecule has 0 bridgehead atoms. The number of hydrogen-bond donors (Lipinski definition) is 2. The fourth-order valence-electron chi connectivity index (χ4n) is 1.08. The first-order chi connectivity index (χ1) is 7.27. The molecule has 0 aliphatic rings. The van der Waals surface area contributed by atoms with Crippen LogP contribution in [0.5, 0.6) is 0 Å². The van der Waals surface area contributed by atoms with Crippen molar-refractivity contribution in [2.45, 2.75) is 34.6 Å². The van der Waals surface area contributed by atoms with Crippen LogP contribution in [0, 0.1) is 6.92 Å². The van der Waals surface area contributed by atoms with E-state index in [1.54, 1.807) is 0 Å². The van der Waals surface area contributed by atoms with Gasteiger partial charge in [0.15, 0.2) is 0 Å². The maximum Gasteiger partial charge on any atom is 0.275 e. The SMILES string of the molecule is CC.CC.Cc1cc2nc[nH]c(=O)c2[nH]1. The minimum absolute atomic E-state index is 0.122. The van der Waals surface area contributed by atoms with Gasteiger partial charge in [-0.15, -0.1) is 0 Å². The number of nitrogens with zero attached hydrogens (tertiary/aromatic N) is 1. The van der Waals surface area contributed by atoms with Crippen molar-refractivity contribution < 1.29 is 0 Å². The van der Waals surface area contributed by atoms with Crippen molar-refractivity contribution >= 4 is 11.0 Å². The van der Waals surface area contributed by atoms with E-state index in [1.165, 1.54) is 6.33 Å². The zero-order valence-electron chi connectivity index (χ0n) is 10.0. The van der Waals surface area contributed by atoms with Crippen LogP contribution >= 0.6 is 0 Å². The van der Waals surface area contributed by atoms with Crippen LogP contribution in [-0.4, -0.2) is 15.0 Å². The van der Waals surface area contributed by atoms with E-state index in [9.17, 15) is 4.79 Å². The molecule has 0 aliphatic carbocycles. The van der Waals surface area contributed by atoms with E-state index in [-0.39, 0.29) is 5.56 Å². The predicted molar refractivity (Wildman–Crippen MR) is 64.1 cm³/mol.